The molecule has 0 aliphatic carbocycles. The Morgan fingerprint density at radius 1 is 1.37 bits per heavy atom. The molecule has 1 N–H and O–H groups in total. The molecule has 2 rings (SSSR count). The van der Waals surface area contributed by atoms with E-state index in [9.17, 15) is 4.39 Å². The highest BCUT2D eigenvalue weighted by molar-refractivity contribution is 9.10. The number of nitrogens with zero attached hydrogens (tertiary/aromatic N) is 1. The van der Waals surface area contributed by atoms with Crippen LogP contribution in [0, 0.1) is 5.82 Å². The highest BCUT2D eigenvalue weighted by Crippen LogP contribution is 2.25. The van der Waals surface area contributed by atoms with Crippen LogP contribution in [0.3, 0.4) is 0 Å². The molecule has 5 heteroatoms. The molecule has 1 aromatic carbocycles. The van der Waals surface area contributed by atoms with Crippen LogP contribution in [0.1, 0.15) is 19.7 Å². The second-order valence-electron chi connectivity index (χ2n) is 4.64. The van der Waals surface area contributed by atoms with Gasteiger partial charge in [0.15, 0.2) is 11.7 Å². The van der Waals surface area contributed by atoms with Crippen molar-refractivity contribution in [3.05, 3.63) is 40.6 Å². The van der Waals surface area contributed by atoms with Crippen molar-refractivity contribution in [3.63, 3.8) is 0 Å². The molecule has 0 aliphatic heterocycles. The van der Waals surface area contributed by atoms with Gasteiger partial charge in [0, 0.05) is 29.0 Å². The van der Waals surface area contributed by atoms with Gasteiger partial charge in [-0.15, -0.1) is 0 Å². The third kappa shape index (κ3) is 4.14. The van der Waals surface area contributed by atoms with Crippen molar-refractivity contribution in [2.45, 2.75) is 26.3 Å². The SMILES string of the molecule is CC(C)NCCc1ncc(-c2cc(F)cc(Br)c2)o1. The highest BCUT2D eigenvalue weighted by Gasteiger charge is 2.08. The lowest BCUT2D eigenvalue weighted by molar-refractivity contribution is 0.484. The number of halogens is 2. The normalized spacial score (nSPS) is 11.2. The zero-order valence-electron chi connectivity index (χ0n) is 10.9. The van der Waals surface area contributed by atoms with E-state index < -0.39 is 0 Å². The van der Waals surface area contributed by atoms with Crippen molar-refractivity contribution in [1.29, 1.82) is 0 Å². The highest BCUT2D eigenvalue weighted by atomic mass is 79.9. The third-order valence-corrected chi connectivity index (χ3v) is 3.05. The van der Waals surface area contributed by atoms with Crippen molar-refractivity contribution in [3.8, 4) is 11.3 Å². The number of hydrogen-bond donors (Lipinski definition) is 1. The molecule has 0 aliphatic rings. The Hall–Kier alpha value is -1.20. The van der Waals surface area contributed by atoms with Gasteiger partial charge in [0.1, 0.15) is 5.82 Å². The van der Waals surface area contributed by atoms with Gasteiger partial charge >= 0.3 is 0 Å². The summed E-state index contributed by atoms with van der Waals surface area (Å²) in [7, 11) is 0. The lowest BCUT2D eigenvalue weighted by Gasteiger charge is -2.05. The molecular formula is C14H16BrFN2O. The molecule has 0 saturated carbocycles. The summed E-state index contributed by atoms with van der Waals surface area (Å²) in [4.78, 5) is 4.20. The summed E-state index contributed by atoms with van der Waals surface area (Å²) in [5.41, 5.74) is 0.683. The predicted molar refractivity (Wildman–Crippen MR) is 76.4 cm³/mol. The van der Waals surface area contributed by atoms with Gasteiger partial charge in [-0.25, -0.2) is 9.37 Å². The Kier molecular flexibility index (Phi) is 4.71. The summed E-state index contributed by atoms with van der Waals surface area (Å²) >= 11 is 3.26. The van der Waals surface area contributed by atoms with Gasteiger partial charge in [-0.3, -0.25) is 0 Å². The van der Waals surface area contributed by atoms with E-state index in [0.29, 0.717) is 34.1 Å². The van der Waals surface area contributed by atoms with Crippen LogP contribution < -0.4 is 5.32 Å². The van der Waals surface area contributed by atoms with E-state index in [-0.39, 0.29) is 5.82 Å². The number of rotatable bonds is 5. The molecule has 0 amide bonds. The molecule has 0 atom stereocenters. The fourth-order valence-corrected chi connectivity index (χ4v) is 2.19. The van der Waals surface area contributed by atoms with E-state index in [0.717, 1.165) is 6.54 Å². The second-order valence-corrected chi connectivity index (χ2v) is 5.55. The Morgan fingerprint density at radius 3 is 2.84 bits per heavy atom. The molecule has 0 saturated heterocycles. The van der Waals surface area contributed by atoms with Crippen molar-refractivity contribution in [2.75, 3.05) is 6.54 Å². The van der Waals surface area contributed by atoms with Crippen LogP contribution in [0.15, 0.2) is 33.3 Å². The van der Waals surface area contributed by atoms with Gasteiger partial charge in [0.05, 0.1) is 6.20 Å². The zero-order chi connectivity index (χ0) is 13.8. The third-order valence-electron chi connectivity index (χ3n) is 2.59. The first kappa shape index (κ1) is 14.2. The van der Waals surface area contributed by atoms with Crippen LogP contribution in [-0.4, -0.2) is 17.6 Å². The molecule has 0 fully saturated rings. The maximum absolute atomic E-state index is 13.3. The molecule has 0 spiro atoms. The number of aromatic nitrogens is 1. The van der Waals surface area contributed by atoms with E-state index in [2.05, 4.69) is 40.1 Å². The zero-order valence-corrected chi connectivity index (χ0v) is 12.5. The number of nitrogens with one attached hydrogen (secondary N) is 1. The molecule has 1 aromatic heterocycles. The van der Waals surface area contributed by atoms with Gasteiger partial charge in [-0.1, -0.05) is 29.8 Å². The van der Waals surface area contributed by atoms with Crippen LogP contribution in [0.4, 0.5) is 4.39 Å². The van der Waals surface area contributed by atoms with Gasteiger partial charge in [-0.05, 0) is 18.2 Å². The van der Waals surface area contributed by atoms with Gasteiger partial charge in [0.25, 0.3) is 0 Å². The quantitative estimate of drug-likeness (QED) is 0.908. The van der Waals surface area contributed by atoms with Crippen LogP contribution in [-0.2, 0) is 6.42 Å². The molecular weight excluding hydrogens is 311 g/mol. The van der Waals surface area contributed by atoms with Crippen LogP contribution >= 0.6 is 15.9 Å². The minimum Gasteiger partial charge on any atom is -0.441 e. The standard InChI is InChI=1S/C14H16BrFN2O/c1-9(2)17-4-3-14-18-8-13(19-14)10-5-11(15)7-12(16)6-10/h5-9,17H,3-4H2,1-2H3. The van der Waals surface area contributed by atoms with Crippen molar-refractivity contribution in [1.82, 2.24) is 10.3 Å². The molecule has 0 radical (unpaired) electrons. The van der Waals surface area contributed by atoms with Crippen LogP contribution in [0.5, 0.6) is 0 Å². The molecule has 0 bridgehead atoms. The van der Waals surface area contributed by atoms with E-state index in [4.69, 9.17) is 4.42 Å². The first-order valence-corrected chi connectivity index (χ1v) is 6.98. The van der Waals surface area contributed by atoms with E-state index in [1.165, 1.54) is 12.1 Å². The largest absolute Gasteiger partial charge is 0.441 e. The second kappa shape index (κ2) is 6.30. The van der Waals surface area contributed by atoms with Crippen molar-refractivity contribution in [2.24, 2.45) is 0 Å². The van der Waals surface area contributed by atoms with Crippen molar-refractivity contribution < 1.29 is 8.81 Å². The number of oxazole rings is 1. The molecule has 2 aromatic rings. The lowest BCUT2D eigenvalue weighted by Crippen LogP contribution is -2.24. The van der Waals surface area contributed by atoms with E-state index >= 15 is 0 Å². The fourth-order valence-electron chi connectivity index (χ4n) is 1.72. The van der Waals surface area contributed by atoms with Gasteiger partial charge in [-0.2, -0.15) is 0 Å². The number of benzene rings is 1. The maximum Gasteiger partial charge on any atom is 0.196 e. The topological polar surface area (TPSA) is 38.1 Å². The molecule has 19 heavy (non-hydrogen) atoms. The summed E-state index contributed by atoms with van der Waals surface area (Å²) in [5.74, 6) is 0.937. The summed E-state index contributed by atoms with van der Waals surface area (Å²) < 4.78 is 19.6. The van der Waals surface area contributed by atoms with Gasteiger partial charge in [0.2, 0.25) is 0 Å². The van der Waals surface area contributed by atoms with Gasteiger partial charge < -0.3 is 9.73 Å². The minimum absolute atomic E-state index is 0.302. The summed E-state index contributed by atoms with van der Waals surface area (Å²) in [6.07, 6.45) is 2.35. The van der Waals surface area contributed by atoms with E-state index in [1.807, 2.05) is 0 Å². The average Bonchev–Trinajstić information content (AvgIpc) is 2.76. The Morgan fingerprint density at radius 2 is 2.16 bits per heavy atom. The Labute approximate surface area is 120 Å². The summed E-state index contributed by atoms with van der Waals surface area (Å²) in [6, 6.07) is 5.09. The lowest BCUT2D eigenvalue weighted by atomic mass is 10.2. The average molecular weight is 327 g/mol. The van der Waals surface area contributed by atoms with Crippen LogP contribution in [0.2, 0.25) is 0 Å². The number of hydrogen-bond acceptors (Lipinski definition) is 3. The summed E-state index contributed by atoms with van der Waals surface area (Å²) in [5, 5.41) is 3.29. The Balaban J connectivity index is 2.07. The van der Waals surface area contributed by atoms with E-state index in [1.54, 1.807) is 12.3 Å². The fraction of sp³-hybridized carbons (Fsp3) is 0.357. The first-order chi connectivity index (χ1) is 9.04. The monoisotopic (exact) mass is 326 g/mol. The summed E-state index contributed by atoms with van der Waals surface area (Å²) in [6.45, 7) is 4.99. The molecule has 3 nitrogen and oxygen atoms in total. The molecule has 102 valence electrons. The van der Waals surface area contributed by atoms with Crippen LogP contribution in [0.25, 0.3) is 11.3 Å². The molecule has 1 heterocycles. The maximum atomic E-state index is 13.3. The first-order valence-electron chi connectivity index (χ1n) is 6.19. The smallest absolute Gasteiger partial charge is 0.196 e. The van der Waals surface area contributed by atoms with Crippen molar-refractivity contribution >= 4 is 15.9 Å². The predicted octanol–water partition coefficient (Wildman–Crippen LogP) is 3.78. The Bertz CT molecular complexity index is 534. The molecule has 0 unspecified atom stereocenters. The minimum atomic E-state index is -0.302.